The van der Waals surface area contributed by atoms with Gasteiger partial charge in [0.05, 0.1) is 29.5 Å². The summed E-state index contributed by atoms with van der Waals surface area (Å²) in [6, 6.07) is 0.391. The summed E-state index contributed by atoms with van der Waals surface area (Å²) in [5.41, 5.74) is 1.27. The Morgan fingerprint density at radius 3 is 2.96 bits per heavy atom. The molecule has 0 spiro atoms. The third kappa shape index (κ3) is 4.51. The van der Waals surface area contributed by atoms with Gasteiger partial charge in [0.25, 0.3) is 0 Å². The van der Waals surface area contributed by atoms with Gasteiger partial charge in [0.1, 0.15) is 0 Å². The molecule has 1 aliphatic heterocycles. The van der Waals surface area contributed by atoms with Crippen molar-refractivity contribution in [2.75, 3.05) is 33.4 Å². The van der Waals surface area contributed by atoms with Crippen LogP contribution < -0.4 is 0 Å². The third-order valence-corrected chi connectivity index (χ3v) is 5.87. The average Bonchev–Trinajstić information content (AvgIpc) is 2.93. The highest BCUT2D eigenvalue weighted by molar-refractivity contribution is 7.11. The second kappa shape index (κ2) is 8.03. The molecule has 1 saturated heterocycles. The fraction of sp³-hybridized carbons (Fsp3) is 0.824. The zero-order valence-electron chi connectivity index (χ0n) is 14.2. The maximum absolute atomic E-state index is 10.3. The summed E-state index contributed by atoms with van der Waals surface area (Å²) < 4.78 is 11.2. The van der Waals surface area contributed by atoms with E-state index in [1.54, 1.807) is 0 Å². The fourth-order valence-corrected chi connectivity index (χ4v) is 4.72. The summed E-state index contributed by atoms with van der Waals surface area (Å²) in [4.78, 5) is 8.32. The van der Waals surface area contributed by atoms with Crippen LogP contribution in [-0.2, 0) is 15.9 Å². The Hall–Kier alpha value is -0.530. The minimum atomic E-state index is -0.442. The molecule has 0 aromatic carbocycles. The fourth-order valence-electron chi connectivity index (χ4n) is 3.54. The average molecular weight is 340 g/mol. The van der Waals surface area contributed by atoms with E-state index >= 15 is 0 Å². The Labute approximate surface area is 142 Å². The van der Waals surface area contributed by atoms with Gasteiger partial charge in [-0.25, -0.2) is 4.98 Å². The Bertz CT molecular complexity index is 502. The van der Waals surface area contributed by atoms with E-state index in [2.05, 4.69) is 23.9 Å². The molecular weight excluding hydrogens is 312 g/mol. The molecule has 0 saturated carbocycles. The van der Waals surface area contributed by atoms with E-state index < -0.39 is 6.10 Å². The monoisotopic (exact) mass is 340 g/mol. The number of nitrogens with zero attached hydrogens (tertiary/aromatic N) is 2. The van der Waals surface area contributed by atoms with Crippen LogP contribution in [0, 0.1) is 6.92 Å². The molecule has 2 unspecified atom stereocenters. The molecule has 2 atom stereocenters. The largest absolute Gasteiger partial charge is 0.389 e. The predicted octanol–water partition coefficient (Wildman–Crippen LogP) is 2.32. The number of fused-ring (bicyclic) bond motifs is 1. The summed E-state index contributed by atoms with van der Waals surface area (Å²) in [6.45, 7) is 4.68. The number of aryl methyl sites for hydroxylation is 2. The second-order valence-electron chi connectivity index (χ2n) is 6.69. The van der Waals surface area contributed by atoms with Crippen molar-refractivity contribution in [2.24, 2.45) is 0 Å². The second-order valence-corrected chi connectivity index (χ2v) is 7.93. The van der Waals surface area contributed by atoms with Gasteiger partial charge in [-0.3, -0.25) is 4.90 Å². The molecule has 1 aromatic heterocycles. The highest BCUT2D eigenvalue weighted by Crippen LogP contribution is 2.37. The highest BCUT2D eigenvalue weighted by atomic mass is 32.1. The number of aliphatic hydroxyl groups is 1. The molecule has 6 heteroatoms. The van der Waals surface area contributed by atoms with Crippen LogP contribution >= 0.6 is 11.3 Å². The molecule has 23 heavy (non-hydrogen) atoms. The van der Waals surface area contributed by atoms with Crippen molar-refractivity contribution in [3.63, 3.8) is 0 Å². The zero-order valence-corrected chi connectivity index (χ0v) is 15.0. The molecule has 0 bridgehead atoms. The molecule has 0 radical (unpaired) electrons. The van der Waals surface area contributed by atoms with Crippen molar-refractivity contribution in [1.82, 2.24) is 9.88 Å². The van der Waals surface area contributed by atoms with Gasteiger partial charge < -0.3 is 14.6 Å². The SMILES string of the molecule is Cc1nc2c(s1)C(N(C)CC(O)COC1CCOCC1)CCC2. The van der Waals surface area contributed by atoms with Crippen LogP contribution in [0.4, 0.5) is 0 Å². The minimum absolute atomic E-state index is 0.245. The quantitative estimate of drug-likeness (QED) is 0.861. The number of aliphatic hydroxyl groups excluding tert-OH is 1. The standard InChI is InChI=1S/C17H28N2O3S/c1-12-18-15-4-3-5-16(17(15)23-12)19(2)10-13(20)11-22-14-6-8-21-9-7-14/h13-14,16,20H,3-11H2,1-2H3. The van der Waals surface area contributed by atoms with Crippen molar-refractivity contribution in [2.45, 2.75) is 57.3 Å². The lowest BCUT2D eigenvalue weighted by molar-refractivity contribution is -0.0649. The van der Waals surface area contributed by atoms with E-state index in [0.717, 1.165) is 43.9 Å². The van der Waals surface area contributed by atoms with E-state index in [9.17, 15) is 5.11 Å². The van der Waals surface area contributed by atoms with Crippen LogP contribution in [0.15, 0.2) is 0 Å². The van der Waals surface area contributed by atoms with Crippen LogP contribution in [-0.4, -0.2) is 60.6 Å². The number of hydrogen-bond acceptors (Lipinski definition) is 6. The summed E-state index contributed by atoms with van der Waals surface area (Å²) in [6.07, 6.45) is 5.11. The summed E-state index contributed by atoms with van der Waals surface area (Å²) in [5, 5.41) is 11.5. The number of ether oxygens (including phenoxy) is 2. The molecule has 1 aliphatic carbocycles. The molecule has 0 amide bonds. The number of hydrogen-bond donors (Lipinski definition) is 1. The smallest absolute Gasteiger partial charge is 0.0900 e. The van der Waals surface area contributed by atoms with Gasteiger partial charge in [-0.15, -0.1) is 11.3 Å². The minimum Gasteiger partial charge on any atom is -0.389 e. The Morgan fingerprint density at radius 2 is 2.17 bits per heavy atom. The van der Waals surface area contributed by atoms with Crippen molar-refractivity contribution in [3.8, 4) is 0 Å². The third-order valence-electron chi connectivity index (χ3n) is 4.75. The van der Waals surface area contributed by atoms with Crippen LogP contribution in [0.25, 0.3) is 0 Å². The van der Waals surface area contributed by atoms with E-state index in [4.69, 9.17) is 9.47 Å². The van der Waals surface area contributed by atoms with Gasteiger partial charge in [0, 0.05) is 30.7 Å². The topological polar surface area (TPSA) is 54.8 Å². The first kappa shape index (κ1) is 17.3. The van der Waals surface area contributed by atoms with Crippen molar-refractivity contribution < 1.29 is 14.6 Å². The normalized spacial score (nSPS) is 23.9. The number of thiazole rings is 1. The predicted molar refractivity (Wildman–Crippen MR) is 91.0 cm³/mol. The van der Waals surface area contributed by atoms with Crippen LogP contribution in [0.5, 0.6) is 0 Å². The Morgan fingerprint density at radius 1 is 1.39 bits per heavy atom. The molecule has 130 valence electrons. The molecule has 1 fully saturated rings. The van der Waals surface area contributed by atoms with Crippen molar-refractivity contribution >= 4 is 11.3 Å². The molecule has 5 nitrogen and oxygen atoms in total. The first-order valence-electron chi connectivity index (χ1n) is 8.67. The van der Waals surface area contributed by atoms with Crippen molar-refractivity contribution in [3.05, 3.63) is 15.6 Å². The van der Waals surface area contributed by atoms with Gasteiger partial charge in [-0.2, -0.15) is 0 Å². The van der Waals surface area contributed by atoms with E-state index in [-0.39, 0.29) is 6.10 Å². The van der Waals surface area contributed by atoms with Crippen LogP contribution in [0.3, 0.4) is 0 Å². The van der Waals surface area contributed by atoms with Crippen LogP contribution in [0.2, 0.25) is 0 Å². The molecule has 1 aromatic rings. The first-order chi connectivity index (χ1) is 11.1. The zero-order chi connectivity index (χ0) is 16.2. The maximum Gasteiger partial charge on any atom is 0.0900 e. The number of rotatable bonds is 6. The number of likely N-dealkylation sites (N-methyl/N-ethyl adjacent to an activating group) is 1. The molecule has 1 N–H and O–H groups in total. The lowest BCUT2D eigenvalue weighted by atomic mass is 9.97. The van der Waals surface area contributed by atoms with Gasteiger partial charge in [-0.1, -0.05) is 0 Å². The molecular formula is C17H28N2O3S. The van der Waals surface area contributed by atoms with Gasteiger partial charge in [0.15, 0.2) is 0 Å². The van der Waals surface area contributed by atoms with E-state index in [1.807, 2.05) is 11.3 Å². The Balaban J connectivity index is 1.49. The van der Waals surface area contributed by atoms with E-state index in [1.165, 1.54) is 17.0 Å². The lowest BCUT2D eigenvalue weighted by Crippen LogP contribution is -2.37. The van der Waals surface area contributed by atoms with E-state index in [0.29, 0.717) is 19.2 Å². The van der Waals surface area contributed by atoms with Crippen molar-refractivity contribution in [1.29, 1.82) is 0 Å². The molecule has 3 rings (SSSR count). The maximum atomic E-state index is 10.3. The lowest BCUT2D eigenvalue weighted by Gasteiger charge is -2.32. The molecule has 2 heterocycles. The summed E-state index contributed by atoms with van der Waals surface area (Å²) in [5.74, 6) is 0. The van der Waals surface area contributed by atoms with Gasteiger partial charge >= 0.3 is 0 Å². The van der Waals surface area contributed by atoms with Gasteiger partial charge in [0.2, 0.25) is 0 Å². The summed E-state index contributed by atoms with van der Waals surface area (Å²) in [7, 11) is 2.10. The first-order valence-corrected chi connectivity index (χ1v) is 9.49. The van der Waals surface area contributed by atoms with Gasteiger partial charge in [-0.05, 0) is 46.1 Å². The summed E-state index contributed by atoms with van der Waals surface area (Å²) >= 11 is 1.81. The highest BCUT2D eigenvalue weighted by Gasteiger charge is 2.28. The number of aromatic nitrogens is 1. The van der Waals surface area contributed by atoms with Crippen LogP contribution in [0.1, 0.15) is 47.3 Å². The molecule has 2 aliphatic rings. The Kier molecular flexibility index (Phi) is 6.04.